The summed E-state index contributed by atoms with van der Waals surface area (Å²) < 4.78 is 1.04. The summed E-state index contributed by atoms with van der Waals surface area (Å²) in [6.45, 7) is 1.65. The minimum absolute atomic E-state index is 0.247. The molecular formula is C5H7BN2O2. The zero-order chi connectivity index (χ0) is 7.72. The topological polar surface area (TPSA) is 54.9 Å². The highest BCUT2D eigenvalue weighted by atomic mass is 16.2. The summed E-state index contributed by atoms with van der Waals surface area (Å²) in [6, 6.07) is 0. The first-order valence-electron chi connectivity index (χ1n) is 2.88. The molecule has 0 spiro atoms. The molecule has 0 aliphatic heterocycles. The number of H-pyrrole nitrogens is 1. The second-order valence-corrected chi connectivity index (χ2v) is 2.14. The van der Waals surface area contributed by atoms with Crippen molar-refractivity contribution in [2.24, 2.45) is 0 Å². The van der Waals surface area contributed by atoms with E-state index in [9.17, 15) is 9.59 Å². The molecule has 4 nitrogen and oxygen atoms in total. The predicted molar refractivity (Wildman–Crippen MR) is 40.0 cm³/mol. The minimum Gasteiger partial charge on any atom is -0.315 e. The van der Waals surface area contributed by atoms with Crippen LogP contribution < -0.4 is 11.2 Å². The Kier molecular flexibility index (Phi) is 1.49. The van der Waals surface area contributed by atoms with Crippen LogP contribution in [0.3, 0.4) is 0 Å². The Morgan fingerprint density at radius 3 is 2.70 bits per heavy atom. The van der Waals surface area contributed by atoms with E-state index in [1.54, 1.807) is 6.92 Å². The van der Waals surface area contributed by atoms with E-state index in [4.69, 9.17) is 0 Å². The molecule has 0 amide bonds. The first-order valence-corrected chi connectivity index (χ1v) is 2.88. The van der Waals surface area contributed by atoms with Gasteiger partial charge in [-0.05, 0) is 6.92 Å². The summed E-state index contributed by atoms with van der Waals surface area (Å²) in [5.74, 6) is 0. The van der Waals surface area contributed by atoms with Crippen LogP contribution in [-0.4, -0.2) is 17.4 Å². The number of nitrogens with zero attached hydrogens (tertiary/aromatic N) is 1. The van der Waals surface area contributed by atoms with Crippen LogP contribution in [0.5, 0.6) is 0 Å². The standard InChI is InChI=1S/C5H7BN2O2/c1-3-2-7-5(10)8(6)4(3)9/h2H,6H2,1H3,(H,7,10). The number of nitrogens with one attached hydrogen (secondary N) is 1. The number of aryl methyl sites for hydroxylation is 1. The molecule has 0 aromatic carbocycles. The number of aromatic nitrogens is 2. The van der Waals surface area contributed by atoms with E-state index in [0.29, 0.717) is 5.56 Å². The lowest BCUT2D eigenvalue weighted by Gasteiger charge is -1.94. The smallest absolute Gasteiger partial charge is 0.315 e. The molecule has 5 heteroatoms. The fraction of sp³-hybridized carbons (Fsp3) is 0.200. The van der Waals surface area contributed by atoms with Crippen LogP contribution in [0.15, 0.2) is 15.8 Å². The summed E-state index contributed by atoms with van der Waals surface area (Å²) in [6.07, 6.45) is 1.41. The van der Waals surface area contributed by atoms with Crippen molar-refractivity contribution in [1.82, 2.24) is 9.46 Å². The summed E-state index contributed by atoms with van der Waals surface area (Å²) in [5, 5.41) is 0. The Morgan fingerprint density at radius 2 is 2.20 bits per heavy atom. The molecule has 0 aliphatic carbocycles. The number of hydrogen-bond donors (Lipinski definition) is 1. The lowest BCUT2D eigenvalue weighted by Crippen LogP contribution is -2.34. The molecule has 0 saturated carbocycles. The zero-order valence-electron chi connectivity index (χ0n) is 5.84. The van der Waals surface area contributed by atoms with Gasteiger partial charge in [-0.3, -0.25) is 4.79 Å². The molecule has 52 valence electrons. The van der Waals surface area contributed by atoms with Gasteiger partial charge in [-0.2, -0.15) is 0 Å². The van der Waals surface area contributed by atoms with Gasteiger partial charge in [0.15, 0.2) is 0 Å². The van der Waals surface area contributed by atoms with Crippen LogP contribution in [0, 0.1) is 6.92 Å². The van der Waals surface area contributed by atoms with E-state index in [0.717, 1.165) is 4.48 Å². The summed E-state index contributed by atoms with van der Waals surface area (Å²) in [7, 11) is 1.44. The Labute approximate surface area is 57.9 Å². The number of aromatic amines is 1. The quantitative estimate of drug-likeness (QED) is 0.432. The van der Waals surface area contributed by atoms with Crippen LogP contribution in [0.25, 0.3) is 0 Å². The van der Waals surface area contributed by atoms with Gasteiger partial charge in [0.2, 0.25) is 13.5 Å². The minimum atomic E-state index is -0.379. The molecule has 0 unspecified atom stereocenters. The maximum atomic E-state index is 10.9. The monoisotopic (exact) mass is 138 g/mol. The number of hydrogen-bond acceptors (Lipinski definition) is 2. The van der Waals surface area contributed by atoms with E-state index < -0.39 is 0 Å². The van der Waals surface area contributed by atoms with Gasteiger partial charge < -0.3 is 9.46 Å². The van der Waals surface area contributed by atoms with Crippen molar-refractivity contribution in [2.75, 3.05) is 0 Å². The van der Waals surface area contributed by atoms with Gasteiger partial charge >= 0.3 is 5.69 Å². The molecule has 0 radical (unpaired) electrons. The lowest BCUT2D eigenvalue weighted by atomic mass is 10.3. The molecule has 10 heavy (non-hydrogen) atoms. The highest BCUT2D eigenvalue weighted by Crippen LogP contribution is 1.75. The van der Waals surface area contributed by atoms with Gasteiger partial charge in [0, 0.05) is 11.8 Å². The van der Waals surface area contributed by atoms with Crippen LogP contribution in [0.1, 0.15) is 5.56 Å². The normalized spacial score (nSPS) is 9.70. The molecule has 0 atom stereocenters. The van der Waals surface area contributed by atoms with Crippen molar-refractivity contribution >= 4 is 7.98 Å². The van der Waals surface area contributed by atoms with Crippen LogP contribution >= 0.6 is 0 Å². The Balaban J connectivity index is 3.66. The first-order chi connectivity index (χ1) is 4.63. The molecule has 1 heterocycles. The van der Waals surface area contributed by atoms with E-state index in [2.05, 4.69) is 4.98 Å². The molecule has 1 aromatic heterocycles. The Bertz CT molecular complexity index is 351. The van der Waals surface area contributed by atoms with Crippen LogP contribution in [-0.2, 0) is 0 Å². The predicted octanol–water partition coefficient (Wildman–Crippen LogP) is -1.76. The largest absolute Gasteiger partial charge is 0.315 e. The average Bonchev–Trinajstić information content (AvgIpc) is 1.93. The second-order valence-electron chi connectivity index (χ2n) is 2.14. The van der Waals surface area contributed by atoms with E-state index >= 15 is 0 Å². The van der Waals surface area contributed by atoms with E-state index in [1.807, 2.05) is 0 Å². The third-order valence-electron chi connectivity index (χ3n) is 1.36. The van der Waals surface area contributed by atoms with Crippen molar-refractivity contribution in [3.05, 3.63) is 32.6 Å². The average molecular weight is 138 g/mol. The molecule has 1 rings (SSSR count). The fourth-order valence-corrected chi connectivity index (χ4v) is 0.685. The van der Waals surface area contributed by atoms with Gasteiger partial charge in [0.05, 0.1) is 0 Å². The SMILES string of the molecule is Bn1c(=O)[nH]cc(C)c1=O. The first kappa shape index (κ1) is 6.86. The Morgan fingerprint density at radius 1 is 1.60 bits per heavy atom. The third kappa shape index (κ3) is 0.898. The maximum absolute atomic E-state index is 10.9. The van der Waals surface area contributed by atoms with Crippen molar-refractivity contribution in [3.63, 3.8) is 0 Å². The maximum Gasteiger partial charge on any atom is 0.315 e. The van der Waals surface area contributed by atoms with Gasteiger partial charge in [-0.1, -0.05) is 0 Å². The second kappa shape index (κ2) is 2.17. The summed E-state index contributed by atoms with van der Waals surface area (Å²) in [4.78, 5) is 24.0. The van der Waals surface area contributed by atoms with Crippen molar-refractivity contribution in [2.45, 2.75) is 6.92 Å². The van der Waals surface area contributed by atoms with Gasteiger partial charge in [-0.15, -0.1) is 0 Å². The van der Waals surface area contributed by atoms with Gasteiger partial charge in [0.25, 0.3) is 0 Å². The molecule has 1 N–H and O–H groups in total. The fourth-order valence-electron chi connectivity index (χ4n) is 0.685. The van der Waals surface area contributed by atoms with Crippen LogP contribution in [0.2, 0.25) is 0 Å². The van der Waals surface area contributed by atoms with Gasteiger partial charge in [-0.25, -0.2) is 4.79 Å². The Hall–Kier alpha value is -1.26. The van der Waals surface area contributed by atoms with E-state index in [-0.39, 0.29) is 11.2 Å². The lowest BCUT2D eigenvalue weighted by molar-refractivity contribution is 0.941. The zero-order valence-corrected chi connectivity index (χ0v) is 5.84. The van der Waals surface area contributed by atoms with E-state index in [1.165, 1.54) is 14.2 Å². The van der Waals surface area contributed by atoms with Gasteiger partial charge in [0.1, 0.15) is 0 Å². The van der Waals surface area contributed by atoms with Crippen molar-refractivity contribution in [3.8, 4) is 0 Å². The molecule has 0 bridgehead atoms. The summed E-state index contributed by atoms with van der Waals surface area (Å²) >= 11 is 0. The van der Waals surface area contributed by atoms with Crippen LogP contribution in [0.4, 0.5) is 0 Å². The highest BCUT2D eigenvalue weighted by Gasteiger charge is 1.95. The third-order valence-corrected chi connectivity index (χ3v) is 1.36. The molecule has 0 saturated heterocycles. The molecular weight excluding hydrogens is 131 g/mol. The van der Waals surface area contributed by atoms with Crippen molar-refractivity contribution in [1.29, 1.82) is 0 Å². The molecule has 1 aromatic rings. The highest BCUT2D eigenvalue weighted by molar-refractivity contribution is 6.06. The van der Waals surface area contributed by atoms with Crippen molar-refractivity contribution < 1.29 is 0 Å². The molecule has 0 fully saturated rings. The molecule has 0 aliphatic rings. The number of rotatable bonds is 0. The summed E-state index contributed by atoms with van der Waals surface area (Å²) in [5.41, 5.74) is -0.0820.